The summed E-state index contributed by atoms with van der Waals surface area (Å²) in [5.74, 6) is -0.891. The molecule has 0 spiro atoms. The normalized spacial score (nSPS) is 18.3. The summed E-state index contributed by atoms with van der Waals surface area (Å²) in [6.45, 7) is 0.760. The highest BCUT2D eigenvalue weighted by Crippen LogP contribution is 2.29. The fraction of sp³-hybridized carbons (Fsp3) is 0.385. The van der Waals surface area contributed by atoms with Gasteiger partial charge in [0.2, 0.25) is 5.82 Å². The zero-order chi connectivity index (χ0) is 16.0. The summed E-state index contributed by atoms with van der Waals surface area (Å²) in [4.78, 5) is 14.9. The lowest BCUT2D eigenvalue weighted by atomic mass is 10.1. The van der Waals surface area contributed by atoms with Crippen LogP contribution in [0.25, 0.3) is 22.6 Å². The summed E-state index contributed by atoms with van der Waals surface area (Å²) in [6.07, 6.45) is -1.40. The molecule has 1 saturated heterocycles. The maximum atomic E-state index is 12.5. The van der Waals surface area contributed by atoms with Gasteiger partial charge >= 0.3 is 12.1 Å². The van der Waals surface area contributed by atoms with Gasteiger partial charge in [0.1, 0.15) is 11.5 Å². The fourth-order valence-corrected chi connectivity index (χ4v) is 2.29. The van der Waals surface area contributed by atoms with Crippen LogP contribution in [0, 0.1) is 0 Å². The molecule has 3 aromatic rings. The van der Waals surface area contributed by atoms with Crippen molar-refractivity contribution in [2.24, 2.45) is 0 Å². The molecule has 3 aromatic heterocycles. The van der Waals surface area contributed by atoms with Gasteiger partial charge in [-0.15, -0.1) is 0 Å². The van der Waals surface area contributed by atoms with Crippen molar-refractivity contribution < 1.29 is 22.4 Å². The number of nitrogens with one attached hydrogen (secondary N) is 1. The van der Waals surface area contributed by atoms with Gasteiger partial charge < -0.3 is 14.2 Å². The Morgan fingerprint density at radius 1 is 1.30 bits per heavy atom. The Hall–Kier alpha value is -2.49. The van der Waals surface area contributed by atoms with Crippen LogP contribution in [-0.2, 0) is 17.3 Å². The average Bonchev–Trinajstić information content (AvgIpc) is 3.07. The topological polar surface area (TPSA) is 89.7 Å². The monoisotopic (exact) mass is 325 g/mol. The Labute approximate surface area is 126 Å². The Balaban J connectivity index is 1.64. The quantitative estimate of drug-likeness (QED) is 0.795. The number of hydrogen-bond donors (Lipinski definition) is 1. The molecule has 23 heavy (non-hydrogen) atoms. The molecule has 4 rings (SSSR count). The number of hydrogen-bond acceptors (Lipinski definition) is 6. The molecule has 0 saturated carbocycles. The number of pyridine rings is 1. The van der Waals surface area contributed by atoms with Crippen LogP contribution in [0.4, 0.5) is 13.2 Å². The molecule has 1 fully saturated rings. The largest absolute Gasteiger partial charge is 0.471 e. The molecule has 0 aliphatic carbocycles. The van der Waals surface area contributed by atoms with Crippen molar-refractivity contribution in [2.45, 2.75) is 25.1 Å². The van der Waals surface area contributed by atoms with Crippen LogP contribution in [0.1, 0.15) is 18.1 Å². The van der Waals surface area contributed by atoms with Gasteiger partial charge in [0.25, 0.3) is 0 Å². The van der Waals surface area contributed by atoms with Crippen LogP contribution in [0.5, 0.6) is 0 Å². The minimum absolute atomic E-state index is 0.162. The summed E-state index contributed by atoms with van der Waals surface area (Å²) in [5.41, 5.74) is 1.42. The Kier molecular flexibility index (Phi) is 3.08. The molecule has 10 heteroatoms. The summed E-state index contributed by atoms with van der Waals surface area (Å²) in [5, 5.41) is 3.31. The highest BCUT2D eigenvalue weighted by Gasteiger charge is 2.38. The van der Waals surface area contributed by atoms with Crippen LogP contribution in [0.3, 0.4) is 0 Å². The van der Waals surface area contributed by atoms with E-state index in [2.05, 4.69) is 29.6 Å². The molecular formula is C13H10F3N5O2. The lowest BCUT2D eigenvalue weighted by Gasteiger charge is -2.25. The lowest BCUT2D eigenvalue weighted by Crippen LogP contribution is -2.29. The number of H-pyrrole nitrogens is 1. The summed E-state index contributed by atoms with van der Waals surface area (Å²) in [6, 6.07) is 1.52. The van der Waals surface area contributed by atoms with Gasteiger partial charge in [-0.1, -0.05) is 5.16 Å². The highest BCUT2D eigenvalue weighted by atomic mass is 19.4. The minimum atomic E-state index is -4.68. The Morgan fingerprint density at radius 3 is 2.78 bits per heavy atom. The number of aromatic nitrogens is 5. The van der Waals surface area contributed by atoms with E-state index in [-0.39, 0.29) is 17.6 Å². The van der Waals surface area contributed by atoms with Crippen molar-refractivity contribution in [3.05, 3.63) is 24.0 Å². The Bertz CT molecular complexity index is 853. The van der Waals surface area contributed by atoms with Gasteiger partial charge in [-0.25, -0.2) is 4.98 Å². The molecule has 1 aliphatic heterocycles. The first kappa shape index (κ1) is 14.1. The van der Waals surface area contributed by atoms with E-state index in [0.29, 0.717) is 17.5 Å². The first-order chi connectivity index (χ1) is 11.0. The van der Waals surface area contributed by atoms with Crippen molar-refractivity contribution in [1.82, 2.24) is 25.1 Å². The molecule has 1 aliphatic rings. The van der Waals surface area contributed by atoms with Crippen molar-refractivity contribution in [3.63, 3.8) is 0 Å². The second-order valence-electron chi connectivity index (χ2n) is 5.18. The number of ether oxygens (including phenoxy) is 1. The number of rotatable bonds is 3. The van der Waals surface area contributed by atoms with Gasteiger partial charge in [-0.3, -0.25) is 4.98 Å². The van der Waals surface area contributed by atoms with E-state index in [1.165, 1.54) is 12.3 Å². The van der Waals surface area contributed by atoms with E-state index in [1.54, 1.807) is 0 Å². The third-order valence-corrected chi connectivity index (χ3v) is 3.53. The summed E-state index contributed by atoms with van der Waals surface area (Å²) < 4.78 is 47.0. The SMILES string of the molecule is FC(F)(F)c1nc(-c2cc3nc(C[C@H]4CCO4)[nH]c3cn2)no1. The van der Waals surface area contributed by atoms with Crippen LogP contribution < -0.4 is 0 Å². The third-order valence-electron chi connectivity index (χ3n) is 3.53. The van der Waals surface area contributed by atoms with Crippen molar-refractivity contribution >= 4 is 11.0 Å². The van der Waals surface area contributed by atoms with Crippen molar-refractivity contribution in [2.75, 3.05) is 6.61 Å². The van der Waals surface area contributed by atoms with Gasteiger partial charge in [-0.2, -0.15) is 18.2 Å². The van der Waals surface area contributed by atoms with E-state index in [4.69, 9.17) is 4.74 Å². The zero-order valence-corrected chi connectivity index (χ0v) is 11.6. The van der Waals surface area contributed by atoms with Crippen LogP contribution in [0.15, 0.2) is 16.8 Å². The first-order valence-corrected chi connectivity index (χ1v) is 6.86. The predicted octanol–water partition coefficient (Wildman–Crippen LogP) is 2.36. The molecule has 120 valence electrons. The minimum Gasteiger partial charge on any atom is -0.378 e. The van der Waals surface area contributed by atoms with Crippen molar-refractivity contribution in [1.29, 1.82) is 0 Å². The average molecular weight is 325 g/mol. The number of aromatic amines is 1. The van der Waals surface area contributed by atoms with Crippen LogP contribution in [-0.4, -0.2) is 37.8 Å². The molecule has 4 heterocycles. The zero-order valence-electron chi connectivity index (χ0n) is 11.6. The molecule has 0 aromatic carbocycles. The second kappa shape index (κ2) is 5.01. The van der Waals surface area contributed by atoms with Gasteiger partial charge in [0.15, 0.2) is 0 Å². The molecule has 1 atom stereocenters. The molecule has 1 N–H and O–H groups in total. The molecule has 0 unspecified atom stereocenters. The second-order valence-corrected chi connectivity index (χ2v) is 5.18. The van der Waals surface area contributed by atoms with E-state index in [1.807, 2.05) is 0 Å². The highest BCUT2D eigenvalue weighted by molar-refractivity contribution is 5.77. The van der Waals surface area contributed by atoms with E-state index in [0.717, 1.165) is 18.9 Å². The number of alkyl halides is 3. The molecular weight excluding hydrogens is 315 g/mol. The van der Waals surface area contributed by atoms with Crippen LogP contribution in [0.2, 0.25) is 0 Å². The van der Waals surface area contributed by atoms with Gasteiger partial charge in [0.05, 0.1) is 23.3 Å². The smallest absolute Gasteiger partial charge is 0.378 e. The maximum Gasteiger partial charge on any atom is 0.471 e. The summed E-state index contributed by atoms with van der Waals surface area (Å²) in [7, 11) is 0. The number of nitrogens with zero attached hydrogens (tertiary/aromatic N) is 4. The lowest BCUT2D eigenvalue weighted by molar-refractivity contribution is -0.159. The molecule has 0 amide bonds. The van der Waals surface area contributed by atoms with Crippen molar-refractivity contribution in [3.8, 4) is 11.5 Å². The van der Waals surface area contributed by atoms with Crippen LogP contribution >= 0.6 is 0 Å². The molecule has 0 bridgehead atoms. The standard InChI is InChI=1S/C13H10F3N5O2/c14-13(15,16)12-20-11(21-23-12)8-4-7-9(5-17-8)19-10(18-7)3-6-1-2-22-6/h4-6H,1-3H2,(H,18,19)/t6-/m1/s1. The number of halogens is 3. The number of fused-ring (bicyclic) bond motifs is 1. The van der Waals surface area contributed by atoms with E-state index >= 15 is 0 Å². The van der Waals surface area contributed by atoms with Gasteiger partial charge in [0, 0.05) is 13.0 Å². The maximum absolute atomic E-state index is 12.5. The Morgan fingerprint density at radius 2 is 2.13 bits per heavy atom. The molecule has 7 nitrogen and oxygen atoms in total. The van der Waals surface area contributed by atoms with E-state index in [9.17, 15) is 13.2 Å². The van der Waals surface area contributed by atoms with E-state index < -0.39 is 12.1 Å². The molecule has 0 radical (unpaired) electrons. The fourth-order valence-electron chi connectivity index (χ4n) is 2.29. The first-order valence-electron chi connectivity index (χ1n) is 6.86. The number of imidazole rings is 1. The van der Waals surface area contributed by atoms with Gasteiger partial charge in [-0.05, 0) is 12.5 Å². The predicted molar refractivity (Wildman–Crippen MR) is 70.2 cm³/mol. The third kappa shape index (κ3) is 2.65. The summed E-state index contributed by atoms with van der Waals surface area (Å²) >= 11 is 0.